The Balaban J connectivity index is 2.28. The molecule has 0 aliphatic rings. The van der Waals surface area contributed by atoms with Crippen molar-refractivity contribution in [3.8, 4) is 5.75 Å². The van der Waals surface area contributed by atoms with Crippen LogP contribution in [0.2, 0.25) is 0 Å². The monoisotopic (exact) mass is 341 g/mol. The summed E-state index contributed by atoms with van der Waals surface area (Å²) in [5.41, 5.74) is 2.13. The van der Waals surface area contributed by atoms with Gasteiger partial charge >= 0.3 is 0 Å². The van der Waals surface area contributed by atoms with Gasteiger partial charge < -0.3 is 10.1 Å². The summed E-state index contributed by atoms with van der Waals surface area (Å²) in [6.07, 6.45) is 3.30. The van der Waals surface area contributed by atoms with Crippen molar-refractivity contribution in [2.24, 2.45) is 0 Å². The van der Waals surface area contributed by atoms with Crippen LogP contribution in [-0.2, 0) is 0 Å². The van der Waals surface area contributed by atoms with Crippen molar-refractivity contribution in [3.63, 3.8) is 0 Å². The largest absolute Gasteiger partial charge is 0.497 e. The quantitative estimate of drug-likeness (QED) is 0.872. The minimum absolute atomic E-state index is 0.814. The van der Waals surface area contributed by atoms with E-state index in [0.717, 1.165) is 26.4 Å². The van der Waals surface area contributed by atoms with E-state index in [9.17, 15) is 0 Å². The second kappa shape index (κ2) is 5.31. The molecule has 0 unspecified atom stereocenters. The number of rotatable bonds is 3. The fourth-order valence-electron chi connectivity index (χ4n) is 1.44. The predicted octanol–water partition coefficient (Wildman–Crippen LogP) is 3.14. The van der Waals surface area contributed by atoms with Gasteiger partial charge in [0.25, 0.3) is 0 Å². The minimum atomic E-state index is 0.814. The zero-order valence-electron chi connectivity index (χ0n) is 9.57. The van der Waals surface area contributed by atoms with Crippen LogP contribution in [0.3, 0.4) is 0 Å². The molecule has 1 aromatic carbocycles. The first-order chi connectivity index (χ1) is 8.20. The molecule has 0 radical (unpaired) electrons. The summed E-state index contributed by atoms with van der Waals surface area (Å²) in [7, 11) is 1.66. The van der Waals surface area contributed by atoms with E-state index in [2.05, 4.69) is 37.9 Å². The van der Waals surface area contributed by atoms with E-state index in [1.54, 1.807) is 13.3 Å². The standard InChI is InChI=1S/C12H12IN3O/c1-8-5-9(17-2)3-4-11(8)16-12-10(13)6-14-7-15-12/h3-7H,1-2H3,(H,14,15,16). The van der Waals surface area contributed by atoms with Crippen LogP contribution in [0.1, 0.15) is 5.56 Å². The molecular weight excluding hydrogens is 329 g/mol. The molecule has 2 rings (SSSR count). The molecule has 88 valence electrons. The number of halogens is 1. The molecule has 0 amide bonds. The molecule has 0 saturated carbocycles. The van der Waals surface area contributed by atoms with Crippen molar-refractivity contribution < 1.29 is 4.74 Å². The van der Waals surface area contributed by atoms with Crippen LogP contribution >= 0.6 is 22.6 Å². The molecule has 1 N–H and O–H groups in total. The van der Waals surface area contributed by atoms with E-state index >= 15 is 0 Å². The highest BCUT2D eigenvalue weighted by molar-refractivity contribution is 14.1. The predicted molar refractivity (Wildman–Crippen MR) is 75.8 cm³/mol. The number of anilines is 2. The van der Waals surface area contributed by atoms with Crippen LogP contribution in [-0.4, -0.2) is 17.1 Å². The van der Waals surface area contributed by atoms with Crippen molar-refractivity contribution >= 4 is 34.1 Å². The van der Waals surface area contributed by atoms with E-state index in [1.807, 2.05) is 25.1 Å². The van der Waals surface area contributed by atoms with Gasteiger partial charge in [-0.2, -0.15) is 0 Å². The molecule has 0 aliphatic heterocycles. The SMILES string of the molecule is COc1ccc(Nc2ncncc2I)c(C)c1. The van der Waals surface area contributed by atoms with E-state index in [0.29, 0.717) is 0 Å². The molecule has 2 aromatic rings. The Morgan fingerprint density at radius 1 is 1.35 bits per heavy atom. The van der Waals surface area contributed by atoms with Gasteiger partial charge in [-0.3, -0.25) is 0 Å². The number of hydrogen-bond acceptors (Lipinski definition) is 4. The van der Waals surface area contributed by atoms with E-state index in [4.69, 9.17) is 4.74 Å². The van der Waals surface area contributed by atoms with Crippen molar-refractivity contribution in [2.45, 2.75) is 6.92 Å². The van der Waals surface area contributed by atoms with Crippen LogP contribution < -0.4 is 10.1 Å². The third-order valence-electron chi connectivity index (χ3n) is 2.35. The summed E-state index contributed by atoms with van der Waals surface area (Å²) in [5, 5.41) is 3.28. The molecule has 1 heterocycles. The highest BCUT2D eigenvalue weighted by Crippen LogP contribution is 2.25. The molecular formula is C12H12IN3O. The fraction of sp³-hybridized carbons (Fsp3) is 0.167. The third-order valence-corrected chi connectivity index (χ3v) is 3.14. The molecule has 1 aromatic heterocycles. The van der Waals surface area contributed by atoms with Gasteiger partial charge in [-0.25, -0.2) is 9.97 Å². The summed E-state index contributed by atoms with van der Waals surface area (Å²) in [5.74, 6) is 1.67. The van der Waals surface area contributed by atoms with Crippen molar-refractivity contribution in [2.75, 3.05) is 12.4 Å². The van der Waals surface area contributed by atoms with Crippen LogP contribution in [0.15, 0.2) is 30.7 Å². The molecule has 0 bridgehead atoms. The Hall–Kier alpha value is -1.37. The first-order valence-corrected chi connectivity index (χ1v) is 6.16. The van der Waals surface area contributed by atoms with Gasteiger partial charge in [-0.1, -0.05) is 0 Å². The Labute approximate surface area is 114 Å². The zero-order chi connectivity index (χ0) is 12.3. The second-order valence-electron chi connectivity index (χ2n) is 3.53. The number of nitrogens with zero attached hydrogens (tertiary/aromatic N) is 2. The summed E-state index contributed by atoms with van der Waals surface area (Å²) in [4.78, 5) is 8.15. The average molecular weight is 341 g/mol. The number of benzene rings is 1. The summed E-state index contributed by atoms with van der Waals surface area (Å²) >= 11 is 2.20. The van der Waals surface area contributed by atoms with Gasteiger partial charge in [0.15, 0.2) is 0 Å². The third kappa shape index (κ3) is 2.85. The van der Waals surface area contributed by atoms with Gasteiger partial charge in [0, 0.05) is 11.9 Å². The maximum Gasteiger partial charge on any atom is 0.147 e. The molecule has 0 spiro atoms. The van der Waals surface area contributed by atoms with Crippen molar-refractivity contribution in [3.05, 3.63) is 39.9 Å². The second-order valence-corrected chi connectivity index (χ2v) is 4.69. The molecule has 17 heavy (non-hydrogen) atoms. The van der Waals surface area contributed by atoms with Gasteiger partial charge in [-0.05, 0) is 53.3 Å². The number of ether oxygens (including phenoxy) is 1. The summed E-state index contributed by atoms with van der Waals surface area (Å²) in [6, 6.07) is 5.88. The first-order valence-electron chi connectivity index (χ1n) is 5.08. The number of methoxy groups -OCH3 is 1. The summed E-state index contributed by atoms with van der Waals surface area (Å²) < 4.78 is 6.16. The lowest BCUT2D eigenvalue weighted by atomic mass is 10.2. The number of hydrogen-bond donors (Lipinski definition) is 1. The molecule has 0 saturated heterocycles. The van der Waals surface area contributed by atoms with Crippen molar-refractivity contribution in [1.82, 2.24) is 9.97 Å². The van der Waals surface area contributed by atoms with Gasteiger partial charge in [0.1, 0.15) is 17.9 Å². The Bertz CT molecular complexity index is 531. The molecule has 0 aliphatic carbocycles. The molecule has 0 atom stereocenters. The van der Waals surface area contributed by atoms with E-state index < -0.39 is 0 Å². The smallest absolute Gasteiger partial charge is 0.147 e. The van der Waals surface area contributed by atoms with Gasteiger partial charge in [-0.15, -0.1) is 0 Å². The van der Waals surface area contributed by atoms with Crippen molar-refractivity contribution in [1.29, 1.82) is 0 Å². The molecule has 0 fully saturated rings. The summed E-state index contributed by atoms with van der Waals surface area (Å²) in [6.45, 7) is 2.03. The number of aromatic nitrogens is 2. The zero-order valence-corrected chi connectivity index (χ0v) is 11.7. The topological polar surface area (TPSA) is 47.0 Å². The number of aryl methyl sites for hydroxylation is 1. The van der Waals surface area contributed by atoms with Crippen LogP contribution in [0, 0.1) is 10.5 Å². The Kier molecular flexibility index (Phi) is 3.78. The van der Waals surface area contributed by atoms with Crippen LogP contribution in [0.4, 0.5) is 11.5 Å². The average Bonchev–Trinajstić information content (AvgIpc) is 2.34. The van der Waals surface area contributed by atoms with E-state index in [1.165, 1.54) is 6.33 Å². The lowest BCUT2D eigenvalue weighted by Crippen LogP contribution is -1.98. The van der Waals surface area contributed by atoms with Gasteiger partial charge in [0.05, 0.1) is 10.7 Å². The fourth-order valence-corrected chi connectivity index (χ4v) is 1.87. The van der Waals surface area contributed by atoms with Crippen LogP contribution in [0.5, 0.6) is 5.75 Å². The minimum Gasteiger partial charge on any atom is -0.497 e. The highest BCUT2D eigenvalue weighted by Gasteiger charge is 2.04. The molecule has 4 nitrogen and oxygen atoms in total. The van der Waals surface area contributed by atoms with E-state index in [-0.39, 0.29) is 0 Å². The Morgan fingerprint density at radius 2 is 2.18 bits per heavy atom. The lowest BCUT2D eigenvalue weighted by Gasteiger charge is -2.10. The maximum absolute atomic E-state index is 5.17. The lowest BCUT2D eigenvalue weighted by molar-refractivity contribution is 0.414. The number of nitrogens with one attached hydrogen (secondary N) is 1. The van der Waals surface area contributed by atoms with Gasteiger partial charge in [0.2, 0.25) is 0 Å². The normalized spacial score (nSPS) is 10.1. The highest BCUT2D eigenvalue weighted by atomic mass is 127. The Morgan fingerprint density at radius 3 is 2.82 bits per heavy atom. The molecule has 5 heteroatoms. The first kappa shape index (κ1) is 12.1. The van der Waals surface area contributed by atoms with Crippen LogP contribution in [0.25, 0.3) is 0 Å². The maximum atomic E-state index is 5.17.